The zero-order valence-electron chi connectivity index (χ0n) is 15.2. The molecule has 1 atom stereocenters. The number of pyridine rings is 1. The maximum absolute atomic E-state index is 13.5. The summed E-state index contributed by atoms with van der Waals surface area (Å²) in [7, 11) is 0. The first-order chi connectivity index (χ1) is 13.1. The van der Waals surface area contributed by atoms with Crippen LogP contribution < -0.4 is 0 Å². The Morgan fingerprint density at radius 2 is 1.93 bits per heavy atom. The van der Waals surface area contributed by atoms with E-state index in [0.717, 1.165) is 50.5 Å². The zero-order valence-corrected chi connectivity index (χ0v) is 15.2. The molecule has 0 bridgehead atoms. The molecule has 2 aromatic rings. The van der Waals surface area contributed by atoms with E-state index in [-0.39, 0.29) is 11.3 Å². The van der Waals surface area contributed by atoms with Gasteiger partial charge in [-0.05, 0) is 55.1 Å². The van der Waals surface area contributed by atoms with Gasteiger partial charge in [-0.15, -0.1) is 0 Å². The summed E-state index contributed by atoms with van der Waals surface area (Å²) in [5.41, 5.74) is 1.43. The molecule has 1 spiro atoms. The summed E-state index contributed by atoms with van der Waals surface area (Å²) in [6, 6.07) is 7.84. The molecule has 3 heterocycles. The molecule has 4 rings (SSSR count). The number of likely N-dealkylation sites (tertiary alicyclic amines) is 2. The topological polar surface area (TPSA) is 36.4 Å². The van der Waals surface area contributed by atoms with Crippen LogP contribution in [0.25, 0.3) is 0 Å². The van der Waals surface area contributed by atoms with E-state index in [1.807, 2.05) is 17.2 Å². The van der Waals surface area contributed by atoms with Gasteiger partial charge in [-0.1, -0.05) is 12.1 Å². The minimum atomic E-state index is -0.866. The second kappa shape index (κ2) is 7.35. The number of halogens is 2. The highest BCUT2D eigenvalue weighted by molar-refractivity contribution is 5.84. The van der Waals surface area contributed by atoms with Gasteiger partial charge in [0.05, 0.1) is 5.41 Å². The second-order valence-corrected chi connectivity index (χ2v) is 7.68. The van der Waals surface area contributed by atoms with Crippen LogP contribution in [-0.4, -0.2) is 40.3 Å². The average molecular weight is 371 g/mol. The number of hydrogen-bond donors (Lipinski definition) is 0. The SMILES string of the molecule is O=C1N(Cc2ccc(F)c(F)c2)CCCC12CCN(Cc1cccnc1)C2. The van der Waals surface area contributed by atoms with Gasteiger partial charge in [-0.2, -0.15) is 0 Å². The summed E-state index contributed by atoms with van der Waals surface area (Å²) in [5.74, 6) is -1.58. The maximum Gasteiger partial charge on any atom is 0.230 e. The lowest BCUT2D eigenvalue weighted by atomic mass is 9.78. The van der Waals surface area contributed by atoms with E-state index in [1.165, 1.54) is 6.07 Å². The quantitative estimate of drug-likeness (QED) is 0.827. The van der Waals surface area contributed by atoms with Crippen LogP contribution in [0.15, 0.2) is 42.7 Å². The Morgan fingerprint density at radius 3 is 2.70 bits per heavy atom. The highest BCUT2D eigenvalue weighted by Crippen LogP contribution is 2.41. The summed E-state index contributed by atoms with van der Waals surface area (Å²) in [6.07, 6.45) is 6.30. The summed E-state index contributed by atoms with van der Waals surface area (Å²) in [5, 5.41) is 0. The summed E-state index contributed by atoms with van der Waals surface area (Å²) >= 11 is 0. The molecule has 1 unspecified atom stereocenters. The first kappa shape index (κ1) is 18.0. The van der Waals surface area contributed by atoms with Crippen LogP contribution in [0, 0.1) is 17.0 Å². The van der Waals surface area contributed by atoms with Gasteiger partial charge in [-0.3, -0.25) is 14.7 Å². The van der Waals surface area contributed by atoms with Crippen molar-refractivity contribution >= 4 is 5.91 Å². The summed E-state index contributed by atoms with van der Waals surface area (Å²) in [4.78, 5) is 21.5. The first-order valence-electron chi connectivity index (χ1n) is 9.40. The molecular weight excluding hydrogens is 348 g/mol. The molecular formula is C21H23F2N3O. The Kier molecular flexibility index (Phi) is 4.91. The van der Waals surface area contributed by atoms with Crippen molar-refractivity contribution in [3.8, 4) is 0 Å². The van der Waals surface area contributed by atoms with Crippen LogP contribution in [0.5, 0.6) is 0 Å². The fourth-order valence-electron chi connectivity index (χ4n) is 4.38. The molecule has 1 aromatic heterocycles. The molecule has 2 aliphatic heterocycles. The molecule has 27 heavy (non-hydrogen) atoms. The molecule has 0 saturated carbocycles. The average Bonchev–Trinajstić information content (AvgIpc) is 3.06. The number of aromatic nitrogens is 1. The Bertz CT molecular complexity index is 829. The predicted molar refractivity (Wildman–Crippen MR) is 97.6 cm³/mol. The number of carbonyl (C=O) groups excluding carboxylic acids is 1. The lowest BCUT2D eigenvalue weighted by Crippen LogP contribution is -2.49. The van der Waals surface area contributed by atoms with E-state index < -0.39 is 11.6 Å². The van der Waals surface area contributed by atoms with Crippen molar-refractivity contribution in [1.29, 1.82) is 0 Å². The van der Waals surface area contributed by atoms with Crippen LogP contribution in [0.4, 0.5) is 8.78 Å². The van der Waals surface area contributed by atoms with Gasteiger partial charge in [0.1, 0.15) is 0 Å². The van der Waals surface area contributed by atoms with Crippen LogP contribution in [-0.2, 0) is 17.9 Å². The highest BCUT2D eigenvalue weighted by Gasteiger charge is 2.48. The van der Waals surface area contributed by atoms with Gasteiger partial charge in [-0.25, -0.2) is 8.78 Å². The molecule has 6 heteroatoms. The fraction of sp³-hybridized carbons (Fsp3) is 0.429. The molecule has 1 aromatic carbocycles. The van der Waals surface area contributed by atoms with Crippen molar-refractivity contribution in [3.05, 3.63) is 65.5 Å². The Hall–Kier alpha value is -2.34. The van der Waals surface area contributed by atoms with E-state index >= 15 is 0 Å². The maximum atomic E-state index is 13.5. The van der Waals surface area contributed by atoms with Gasteiger partial charge in [0.2, 0.25) is 5.91 Å². The molecule has 2 aliphatic rings. The van der Waals surface area contributed by atoms with Crippen molar-refractivity contribution in [1.82, 2.24) is 14.8 Å². The molecule has 0 N–H and O–H groups in total. The molecule has 2 saturated heterocycles. The third-order valence-electron chi connectivity index (χ3n) is 5.74. The molecule has 0 radical (unpaired) electrons. The monoisotopic (exact) mass is 371 g/mol. The smallest absolute Gasteiger partial charge is 0.230 e. The third kappa shape index (κ3) is 3.72. The minimum absolute atomic E-state index is 0.146. The minimum Gasteiger partial charge on any atom is -0.338 e. The Labute approximate surface area is 157 Å². The van der Waals surface area contributed by atoms with Crippen LogP contribution in [0.1, 0.15) is 30.4 Å². The molecule has 4 nitrogen and oxygen atoms in total. The Balaban J connectivity index is 1.44. The van der Waals surface area contributed by atoms with Gasteiger partial charge < -0.3 is 4.90 Å². The molecule has 0 aliphatic carbocycles. The van der Waals surface area contributed by atoms with E-state index in [2.05, 4.69) is 16.0 Å². The van der Waals surface area contributed by atoms with E-state index in [1.54, 1.807) is 12.3 Å². The number of piperidine rings is 1. The van der Waals surface area contributed by atoms with Crippen LogP contribution in [0.2, 0.25) is 0 Å². The van der Waals surface area contributed by atoms with Gasteiger partial charge >= 0.3 is 0 Å². The number of carbonyl (C=O) groups is 1. The first-order valence-corrected chi connectivity index (χ1v) is 9.40. The molecule has 1 amide bonds. The number of hydrogen-bond acceptors (Lipinski definition) is 3. The largest absolute Gasteiger partial charge is 0.338 e. The van der Waals surface area contributed by atoms with Gasteiger partial charge in [0, 0.05) is 38.6 Å². The van der Waals surface area contributed by atoms with Crippen molar-refractivity contribution in [2.75, 3.05) is 19.6 Å². The third-order valence-corrected chi connectivity index (χ3v) is 5.74. The summed E-state index contributed by atoms with van der Waals surface area (Å²) in [6.45, 7) is 3.43. The van der Waals surface area contributed by atoms with Crippen LogP contribution >= 0.6 is 0 Å². The van der Waals surface area contributed by atoms with Crippen molar-refractivity contribution < 1.29 is 13.6 Å². The number of nitrogens with zero attached hydrogens (tertiary/aromatic N) is 3. The number of amides is 1. The highest BCUT2D eigenvalue weighted by atomic mass is 19.2. The normalized spacial score (nSPS) is 23.3. The second-order valence-electron chi connectivity index (χ2n) is 7.68. The Morgan fingerprint density at radius 1 is 1.04 bits per heavy atom. The number of rotatable bonds is 4. The van der Waals surface area contributed by atoms with Gasteiger partial charge in [0.15, 0.2) is 11.6 Å². The fourth-order valence-corrected chi connectivity index (χ4v) is 4.38. The van der Waals surface area contributed by atoms with E-state index in [4.69, 9.17) is 0 Å². The standard InChI is InChI=1S/C21H23F2N3O/c22-18-5-4-16(11-19(18)23)14-26-9-2-6-21(20(26)27)7-10-25(15-21)13-17-3-1-8-24-12-17/h1,3-5,8,11-12H,2,6-7,9-10,13-15H2. The van der Waals surface area contributed by atoms with Crippen molar-refractivity contribution in [2.24, 2.45) is 5.41 Å². The molecule has 142 valence electrons. The zero-order chi connectivity index (χ0) is 18.9. The van der Waals surface area contributed by atoms with Crippen LogP contribution in [0.3, 0.4) is 0 Å². The number of benzene rings is 1. The van der Waals surface area contributed by atoms with Crippen molar-refractivity contribution in [3.63, 3.8) is 0 Å². The van der Waals surface area contributed by atoms with Crippen molar-refractivity contribution in [2.45, 2.75) is 32.4 Å². The lowest BCUT2D eigenvalue weighted by molar-refractivity contribution is -0.146. The van der Waals surface area contributed by atoms with E-state index in [9.17, 15) is 13.6 Å². The van der Waals surface area contributed by atoms with E-state index in [0.29, 0.717) is 18.7 Å². The lowest BCUT2D eigenvalue weighted by Gasteiger charge is -2.39. The molecule has 2 fully saturated rings. The summed E-state index contributed by atoms with van der Waals surface area (Å²) < 4.78 is 26.6. The predicted octanol–water partition coefficient (Wildman–Crippen LogP) is 3.37. The van der Waals surface area contributed by atoms with Gasteiger partial charge in [0.25, 0.3) is 0 Å².